The van der Waals surface area contributed by atoms with Gasteiger partial charge < -0.3 is 15.7 Å². The van der Waals surface area contributed by atoms with Gasteiger partial charge >= 0.3 is 0 Å². The predicted octanol–water partition coefficient (Wildman–Crippen LogP) is 4.79. The van der Waals surface area contributed by atoms with E-state index < -0.39 is 0 Å². The molecule has 3 N–H and O–H groups in total. The van der Waals surface area contributed by atoms with Gasteiger partial charge in [0.25, 0.3) is 5.91 Å². The van der Waals surface area contributed by atoms with Crippen molar-refractivity contribution >= 4 is 35.8 Å². The van der Waals surface area contributed by atoms with Crippen molar-refractivity contribution in [1.82, 2.24) is 5.01 Å². The highest BCUT2D eigenvalue weighted by atomic mass is 32.1. The summed E-state index contributed by atoms with van der Waals surface area (Å²) in [7, 11) is 0. The maximum absolute atomic E-state index is 13.6. The van der Waals surface area contributed by atoms with Crippen LogP contribution in [0, 0.1) is 27.7 Å². The van der Waals surface area contributed by atoms with Crippen molar-refractivity contribution < 1.29 is 19.3 Å². The van der Waals surface area contributed by atoms with E-state index in [1.165, 1.54) is 0 Å². The number of nitrogens with zero attached hydrogens (tertiary/aromatic N) is 2. The van der Waals surface area contributed by atoms with E-state index in [1.807, 2.05) is 64.1 Å². The van der Waals surface area contributed by atoms with Crippen molar-refractivity contribution in [3.05, 3.63) is 58.7 Å². The van der Waals surface area contributed by atoms with Crippen LogP contribution in [-0.2, 0) is 9.59 Å². The van der Waals surface area contributed by atoms with E-state index in [-0.39, 0.29) is 31.0 Å². The minimum absolute atomic E-state index is 0.0253. The van der Waals surface area contributed by atoms with E-state index in [0.717, 1.165) is 78.2 Å². The monoisotopic (exact) mass is 541 g/mol. The van der Waals surface area contributed by atoms with Crippen LogP contribution in [0.4, 0.5) is 11.4 Å². The number of rotatable bonds is 14. The summed E-state index contributed by atoms with van der Waals surface area (Å²) in [6, 6.07) is 11.7. The predicted molar refractivity (Wildman–Crippen MR) is 158 cm³/mol. The molecule has 8 heteroatoms. The summed E-state index contributed by atoms with van der Waals surface area (Å²) in [5, 5.41) is 18.1. The highest BCUT2D eigenvalue weighted by Gasteiger charge is 2.49. The Balaban J connectivity index is 1.88. The number of carbonyl (C=O) groups is 2. The van der Waals surface area contributed by atoms with Crippen molar-refractivity contribution in [1.29, 1.82) is 0 Å². The third kappa shape index (κ3) is 7.38. The minimum atomic E-state index is -0.313. The lowest BCUT2D eigenvalue weighted by Crippen LogP contribution is -2.73. The van der Waals surface area contributed by atoms with E-state index in [4.69, 9.17) is 0 Å². The van der Waals surface area contributed by atoms with Gasteiger partial charge in [-0.15, -0.1) is 5.01 Å². The Labute approximate surface area is 233 Å². The van der Waals surface area contributed by atoms with Crippen molar-refractivity contribution in [2.24, 2.45) is 0 Å². The lowest BCUT2D eigenvalue weighted by atomic mass is 10.0. The highest BCUT2D eigenvalue weighted by Crippen LogP contribution is 2.31. The fourth-order valence-electron chi connectivity index (χ4n) is 5.48. The summed E-state index contributed by atoms with van der Waals surface area (Å²) >= 11 is 4.41. The Morgan fingerprint density at radius 3 is 1.89 bits per heavy atom. The molecule has 0 aliphatic carbocycles. The number of amides is 2. The highest BCUT2D eigenvalue weighted by molar-refractivity contribution is 7.80. The summed E-state index contributed by atoms with van der Waals surface area (Å²) in [6.07, 6.45) is 4.03. The summed E-state index contributed by atoms with van der Waals surface area (Å²) in [5.41, 5.74) is 5.85. The van der Waals surface area contributed by atoms with Crippen LogP contribution in [-0.4, -0.2) is 71.1 Å². The van der Waals surface area contributed by atoms with Crippen LogP contribution in [0.25, 0.3) is 0 Å². The van der Waals surface area contributed by atoms with Crippen molar-refractivity contribution in [2.45, 2.75) is 65.8 Å². The molecule has 1 heterocycles. The second-order valence-electron chi connectivity index (χ2n) is 10.6. The molecule has 3 rings (SSSR count). The topological polar surface area (TPSA) is 81.7 Å². The van der Waals surface area contributed by atoms with Crippen molar-refractivity contribution in [2.75, 3.05) is 49.2 Å². The third-order valence-electron chi connectivity index (χ3n) is 7.72. The Morgan fingerprint density at radius 1 is 0.895 bits per heavy atom. The molecular formula is C30H45N4O3S+. The number of para-hydroxylation sites is 2. The maximum atomic E-state index is 13.6. The molecule has 1 fully saturated rings. The molecule has 2 unspecified atom stereocenters. The minimum Gasteiger partial charge on any atom is -0.396 e. The molecule has 38 heavy (non-hydrogen) atoms. The second-order valence-corrected chi connectivity index (χ2v) is 11.0. The number of benzene rings is 2. The fraction of sp³-hybridized carbons (Fsp3) is 0.533. The van der Waals surface area contributed by atoms with Crippen LogP contribution < -0.4 is 10.6 Å². The normalized spacial score (nSPS) is 16.9. The molecule has 1 aliphatic rings. The van der Waals surface area contributed by atoms with Gasteiger partial charge in [0.1, 0.15) is 6.04 Å². The SMILES string of the molecule is Cc1cccc(C)c1NC(=O)C[N+](CCCCO)(CCCCS)N1CCC1C(=O)Nc1c(C)cccc1C. The number of nitrogens with one attached hydrogen (secondary N) is 2. The van der Waals surface area contributed by atoms with E-state index >= 15 is 0 Å². The Morgan fingerprint density at radius 2 is 1.42 bits per heavy atom. The number of hydrogen-bond donors (Lipinski definition) is 4. The first-order valence-corrected chi connectivity index (χ1v) is 14.4. The van der Waals surface area contributed by atoms with Crippen LogP contribution in [0.15, 0.2) is 36.4 Å². The zero-order valence-corrected chi connectivity index (χ0v) is 24.3. The van der Waals surface area contributed by atoms with Crippen molar-refractivity contribution in [3.63, 3.8) is 0 Å². The summed E-state index contributed by atoms with van der Waals surface area (Å²) in [5.74, 6) is 0.697. The number of aliphatic hydroxyl groups is 1. The molecule has 0 saturated carbocycles. The van der Waals surface area contributed by atoms with Crippen LogP contribution in [0.1, 0.15) is 54.4 Å². The Kier molecular flexibility index (Phi) is 11.2. The van der Waals surface area contributed by atoms with E-state index in [2.05, 4.69) is 28.3 Å². The molecule has 2 aromatic carbocycles. The quantitative estimate of drug-likeness (QED) is 0.158. The lowest BCUT2D eigenvalue weighted by Gasteiger charge is -2.53. The molecule has 2 amide bonds. The number of anilines is 2. The standard InChI is InChI=1S/C30H44N4O3S/c1-22-11-9-12-23(2)28(22)31-27(36)21-34(17-5-7-19-35,18-6-8-20-38)33-16-15-26(33)30(37)32-29-24(3)13-10-14-25(29)4/h9-14,26,35H,5-8,15-21H2,1-4H3,(H2-,31,32,36,37,38)/p+1. The van der Waals surface area contributed by atoms with Crippen LogP contribution in [0.3, 0.4) is 0 Å². The Hall–Kier alpha value is -2.39. The molecule has 0 spiro atoms. The fourth-order valence-corrected chi connectivity index (χ4v) is 5.70. The molecule has 208 valence electrons. The van der Waals surface area contributed by atoms with Gasteiger partial charge in [-0.25, -0.2) is 4.59 Å². The number of quaternary nitrogens is 1. The van der Waals surface area contributed by atoms with Gasteiger partial charge in [-0.3, -0.25) is 9.59 Å². The second kappa shape index (κ2) is 14.1. The average molecular weight is 542 g/mol. The summed E-state index contributed by atoms with van der Waals surface area (Å²) in [4.78, 5) is 27.1. The number of unbranched alkanes of at least 4 members (excludes halogenated alkanes) is 2. The van der Waals surface area contributed by atoms with E-state index in [9.17, 15) is 14.7 Å². The third-order valence-corrected chi connectivity index (χ3v) is 8.03. The van der Waals surface area contributed by atoms with Gasteiger partial charge in [0.15, 0.2) is 6.54 Å². The first-order valence-electron chi connectivity index (χ1n) is 13.8. The summed E-state index contributed by atoms with van der Waals surface area (Å²) < 4.78 is 0.412. The van der Waals surface area contributed by atoms with Crippen LogP contribution in [0.2, 0.25) is 0 Å². The van der Waals surface area contributed by atoms with E-state index in [1.54, 1.807) is 0 Å². The molecular weight excluding hydrogens is 496 g/mol. The number of thiol groups is 1. The molecule has 2 atom stereocenters. The Bertz CT molecular complexity index is 1060. The zero-order chi connectivity index (χ0) is 27.7. The van der Waals surface area contributed by atoms with Crippen LogP contribution >= 0.6 is 12.6 Å². The van der Waals surface area contributed by atoms with Gasteiger partial charge in [0.2, 0.25) is 5.91 Å². The first-order chi connectivity index (χ1) is 18.2. The molecule has 1 saturated heterocycles. The maximum Gasteiger partial charge on any atom is 0.281 e. The molecule has 1 aliphatic heterocycles. The van der Waals surface area contributed by atoms with Gasteiger partial charge in [-0.2, -0.15) is 12.6 Å². The molecule has 2 aromatic rings. The van der Waals surface area contributed by atoms with Crippen LogP contribution in [0.5, 0.6) is 0 Å². The van der Waals surface area contributed by atoms with Gasteiger partial charge in [-0.1, -0.05) is 36.4 Å². The smallest absolute Gasteiger partial charge is 0.281 e. The van der Waals surface area contributed by atoms with Gasteiger partial charge in [0, 0.05) is 24.4 Å². The first kappa shape index (κ1) is 30.2. The summed E-state index contributed by atoms with van der Waals surface area (Å²) in [6.45, 7) is 10.6. The van der Waals surface area contributed by atoms with Gasteiger partial charge in [-0.05, 0) is 81.4 Å². The molecule has 7 nitrogen and oxygen atoms in total. The number of aryl methyl sites for hydroxylation is 4. The molecule has 0 radical (unpaired) electrons. The molecule has 0 bridgehead atoms. The van der Waals surface area contributed by atoms with Crippen molar-refractivity contribution in [3.8, 4) is 0 Å². The number of hydrogen-bond acceptors (Lipinski definition) is 5. The largest absolute Gasteiger partial charge is 0.396 e. The van der Waals surface area contributed by atoms with Gasteiger partial charge in [0.05, 0.1) is 19.6 Å². The molecule has 0 aromatic heterocycles. The number of aliphatic hydroxyl groups excluding tert-OH is 1. The lowest BCUT2D eigenvalue weighted by molar-refractivity contribution is -1.04. The van der Waals surface area contributed by atoms with E-state index in [0.29, 0.717) is 17.6 Å². The number of carbonyl (C=O) groups excluding carboxylic acids is 2. The average Bonchev–Trinajstić information content (AvgIpc) is 2.83. The zero-order valence-electron chi connectivity index (χ0n) is 23.4.